The van der Waals surface area contributed by atoms with Gasteiger partial charge in [-0.25, -0.2) is 4.39 Å². The third-order valence-corrected chi connectivity index (χ3v) is 6.05. The molecule has 1 amide bonds. The largest absolute Gasteiger partial charge is 0.494 e. The summed E-state index contributed by atoms with van der Waals surface area (Å²) in [5.74, 6) is 0.929. The number of rotatable bonds is 6. The molecule has 0 bridgehead atoms. The van der Waals surface area contributed by atoms with E-state index in [2.05, 4.69) is 21.9 Å². The number of piperazine rings is 1. The number of benzene rings is 2. The first-order chi connectivity index (χ1) is 14.6. The van der Waals surface area contributed by atoms with E-state index in [1.807, 2.05) is 17.9 Å². The predicted octanol–water partition coefficient (Wildman–Crippen LogP) is 3.32. The molecule has 1 saturated heterocycles. The van der Waals surface area contributed by atoms with Crippen LogP contribution in [0.5, 0.6) is 5.75 Å². The Hall–Kier alpha value is -2.60. The van der Waals surface area contributed by atoms with Crippen LogP contribution in [-0.2, 0) is 17.8 Å². The Bertz CT molecular complexity index is 863. The molecule has 0 atom stereocenters. The third-order valence-electron chi connectivity index (χ3n) is 6.05. The van der Waals surface area contributed by atoms with E-state index < -0.39 is 0 Å². The van der Waals surface area contributed by atoms with E-state index in [1.165, 1.54) is 23.3 Å². The van der Waals surface area contributed by atoms with Gasteiger partial charge in [0.15, 0.2) is 0 Å². The molecule has 2 aliphatic heterocycles. The Morgan fingerprint density at radius 2 is 1.77 bits per heavy atom. The fourth-order valence-electron chi connectivity index (χ4n) is 4.32. The molecule has 2 aliphatic rings. The molecular weight excluding hydrogens is 381 g/mol. The lowest BCUT2D eigenvalue weighted by atomic mass is 9.99. The minimum Gasteiger partial charge on any atom is -0.494 e. The standard InChI is InChI=1S/C24H30FN3O2/c1-2-30-23-8-3-19-9-11-26(18-20(19)17-23)12-10-24(29)28-15-13-27(14-16-28)22-6-4-21(25)5-7-22/h3-8,17H,2,9-16,18H2,1H3. The number of carbonyl (C=O) groups is 1. The maximum atomic E-state index is 13.1. The topological polar surface area (TPSA) is 36.0 Å². The van der Waals surface area contributed by atoms with Crippen LogP contribution < -0.4 is 9.64 Å². The van der Waals surface area contributed by atoms with Crippen molar-refractivity contribution in [3.05, 3.63) is 59.4 Å². The molecule has 1 fully saturated rings. The van der Waals surface area contributed by atoms with E-state index in [0.29, 0.717) is 13.0 Å². The number of ether oxygens (including phenoxy) is 1. The van der Waals surface area contributed by atoms with Crippen molar-refractivity contribution < 1.29 is 13.9 Å². The van der Waals surface area contributed by atoms with Gasteiger partial charge in [0, 0.05) is 57.9 Å². The summed E-state index contributed by atoms with van der Waals surface area (Å²) in [5.41, 5.74) is 3.72. The van der Waals surface area contributed by atoms with Crippen molar-refractivity contribution in [1.82, 2.24) is 9.80 Å². The molecule has 2 heterocycles. The van der Waals surface area contributed by atoms with E-state index >= 15 is 0 Å². The Morgan fingerprint density at radius 1 is 1.00 bits per heavy atom. The summed E-state index contributed by atoms with van der Waals surface area (Å²) in [4.78, 5) is 19.3. The van der Waals surface area contributed by atoms with Crippen molar-refractivity contribution in [1.29, 1.82) is 0 Å². The normalized spacial score (nSPS) is 17.0. The van der Waals surface area contributed by atoms with Gasteiger partial charge < -0.3 is 14.5 Å². The van der Waals surface area contributed by atoms with Crippen molar-refractivity contribution in [2.24, 2.45) is 0 Å². The molecule has 0 radical (unpaired) electrons. The molecule has 4 rings (SSSR count). The van der Waals surface area contributed by atoms with Gasteiger partial charge in [0.25, 0.3) is 0 Å². The smallest absolute Gasteiger partial charge is 0.223 e. The van der Waals surface area contributed by atoms with Crippen LogP contribution in [0.4, 0.5) is 10.1 Å². The van der Waals surface area contributed by atoms with Gasteiger partial charge in [-0.1, -0.05) is 6.07 Å². The molecule has 0 spiro atoms. The fraction of sp³-hybridized carbons (Fsp3) is 0.458. The van der Waals surface area contributed by atoms with E-state index in [0.717, 1.165) is 63.7 Å². The van der Waals surface area contributed by atoms with Crippen LogP contribution in [0.1, 0.15) is 24.5 Å². The summed E-state index contributed by atoms with van der Waals surface area (Å²) in [5, 5.41) is 0. The zero-order chi connectivity index (χ0) is 20.9. The number of carbonyl (C=O) groups excluding carboxylic acids is 1. The van der Waals surface area contributed by atoms with Crippen molar-refractivity contribution in [3.8, 4) is 5.75 Å². The third kappa shape index (κ3) is 4.93. The van der Waals surface area contributed by atoms with E-state index in [4.69, 9.17) is 4.74 Å². The summed E-state index contributed by atoms with van der Waals surface area (Å²) in [6, 6.07) is 12.9. The van der Waals surface area contributed by atoms with Gasteiger partial charge in [0.1, 0.15) is 11.6 Å². The molecule has 5 nitrogen and oxygen atoms in total. The zero-order valence-corrected chi connectivity index (χ0v) is 17.6. The van der Waals surface area contributed by atoms with Crippen LogP contribution in [0.25, 0.3) is 0 Å². The second-order valence-corrected chi connectivity index (χ2v) is 7.98. The molecule has 6 heteroatoms. The summed E-state index contributed by atoms with van der Waals surface area (Å²) in [6.45, 7) is 8.34. The highest BCUT2D eigenvalue weighted by molar-refractivity contribution is 5.76. The minimum absolute atomic E-state index is 0.220. The van der Waals surface area contributed by atoms with Crippen LogP contribution in [0.2, 0.25) is 0 Å². The molecule has 0 N–H and O–H groups in total. The van der Waals surface area contributed by atoms with Crippen molar-refractivity contribution in [2.75, 3.05) is 50.8 Å². The Balaban J connectivity index is 1.24. The molecule has 0 unspecified atom stereocenters. The second-order valence-electron chi connectivity index (χ2n) is 7.98. The first-order valence-electron chi connectivity index (χ1n) is 10.9. The molecule has 0 aliphatic carbocycles. The highest BCUT2D eigenvalue weighted by atomic mass is 19.1. The highest BCUT2D eigenvalue weighted by Gasteiger charge is 2.23. The van der Waals surface area contributed by atoms with Crippen LogP contribution >= 0.6 is 0 Å². The maximum absolute atomic E-state index is 13.1. The van der Waals surface area contributed by atoms with Crippen molar-refractivity contribution >= 4 is 11.6 Å². The van der Waals surface area contributed by atoms with Crippen molar-refractivity contribution in [2.45, 2.75) is 26.3 Å². The van der Waals surface area contributed by atoms with Gasteiger partial charge in [-0.15, -0.1) is 0 Å². The van der Waals surface area contributed by atoms with E-state index in [9.17, 15) is 9.18 Å². The number of hydrogen-bond donors (Lipinski definition) is 0. The van der Waals surface area contributed by atoms with Gasteiger partial charge in [0.2, 0.25) is 5.91 Å². The number of fused-ring (bicyclic) bond motifs is 1. The fourth-order valence-corrected chi connectivity index (χ4v) is 4.32. The second kappa shape index (κ2) is 9.47. The number of halogens is 1. The lowest BCUT2D eigenvalue weighted by Crippen LogP contribution is -2.49. The zero-order valence-electron chi connectivity index (χ0n) is 17.6. The monoisotopic (exact) mass is 411 g/mol. The highest BCUT2D eigenvalue weighted by Crippen LogP contribution is 2.24. The summed E-state index contributed by atoms with van der Waals surface area (Å²) in [7, 11) is 0. The molecule has 30 heavy (non-hydrogen) atoms. The Morgan fingerprint density at radius 3 is 2.50 bits per heavy atom. The van der Waals surface area contributed by atoms with Crippen LogP contribution in [0.3, 0.4) is 0 Å². The lowest BCUT2D eigenvalue weighted by molar-refractivity contribution is -0.131. The van der Waals surface area contributed by atoms with Crippen LogP contribution in [0.15, 0.2) is 42.5 Å². The maximum Gasteiger partial charge on any atom is 0.223 e. The van der Waals surface area contributed by atoms with Crippen molar-refractivity contribution in [3.63, 3.8) is 0 Å². The first kappa shape index (κ1) is 20.7. The Kier molecular flexibility index (Phi) is 6.53. The quantitative estimate of drug-likeness (QED) is 0.731. The van der Waals surface area contributed by atoms with Gasteiger partial charge in [0.05, 0.1) is 6.61 Å². The minimum atomic E-state index is -0.220. The Labute approximate surface area is 178 Å². The number of nitrogens with zero attached hydrogens (tertiary/aromatic N) is 3. The average molecular weight is 412 g/mol. The van der Waals surface area contributed by atoms with Gasteiger partial charge in [-0.3, -0.25) is 9.69 Å². The van der Waals surface area contributed by atoms with E-state index in [1.54, 1.807) is 12.1 Å². The molecule has 2 aromatic carbocycles. The van der Waals surface area contributed by atoms with Gasteiger partial charge >= 0.3 is 0 Å². The summed E-state index contributed by atoms with van der Waals surface area (Å²) >= 11 is 0. The number of amides is 1. The molecule has 0 aromatic heterocycles. The number of hydrogen-bond acceptors (Lipinski definition) is 4. The molecule has 0 saturated carbocycles. The molecule has 160 valence electrons. The van der Waals surface area contributed by atoms with Gasteiger partial charge in [-0.2, -0.15) is 0 Å². The lowest BCUT2D eigenvalue weighted by Gasteiger charge is -2.36. The summed E-state index contributed by atoms with van der Waals surface area (Å²) < 4.78 is 18.7. The number of anilines is 1. The van der Waals surface area contributed by atoms with E-state index in [-0.39, 0.29) is 11.7 Å². The van der Waals surface area contributed by atoms with Gasteiger partial charge in [-0.05, 0) is 60.9 Å². The molecular formula is C24H30FN3O2. The SMILES string of the molecule is CCOc1ccc2c(c1)CN(CCC(=O)N1CCN(c3ccc(F)cc3)CC1)CC2. The average Bonchev–Trinajstić information content (AvgIpc) is 2.78. The van der Waals surface area contributed by atoms with Crippen LogP contribution in [0, 0.1) is 5.82 Å². The van der Waals surface area contributed by atoms with Crippen LogP contribution in [-0.4, -0.2) is 61.6 Å². The predicted molar refractivity (Wildman–Crippen MR) is 116 cm³/mol. The first-order valence-corrected chi connectivity index (χ1v) is 10.9. The summed E-state index contributed by atoms with van der Waals surface area (Å²) in [6.07, 6.45) is 1.57. The molecule has 2 aromatic rings.